The predicted octanol–water partition coefficient (Wildman–Crippen LogP) is 3.52. The van der Waals surface area contributed by atoms with E-state index in [1.807, 2.05) is 39.0 Å². The smallest absolute Gasteiger partial charge is 0.407 e. The summed E-state index contributed by atoms with van der Waals surface area (Å²) >= 11 is 0. The highest BCUT2D eigenvalue weighted by atomic mass is 16.6. The first-order valence-corrected chi connectivity index (χ1v) is 8.92. The maximum atomic E-state index is 12.1. The molecule has 1 aromatic carbocycles. The highest BCUT2D eigenvalue weighted by Crippen LogP contribution is 2.27. The van der Waals surface area contributed by atoms with Crippen LogP contribution in [0.3, 0.4) is 0 Å². The van der Waals surface area contributed by atoms with Gasteiger partial charge in [-0.25, -0.2) is 4.79 Å². The summed E-state index contributed by atoms with van der Waals surface area (Å²) in [5, 5.41) is 12.2. The van der Waals surface area contributed by atoms with Crippen molar-refractivity contribution >= 4 is 17.9 Å². The van der Waals surface area contributed by atoms with Crippen LogP contribution in [-0.2, 0) is 17.7 Å². The van der Waals surface area contributed by atoms with Crippen LogP contribution in [0.2, 0.25) is 0 Å². The fourth-order valence-electron chi connectivity index (χ4n) is 3.02. The van der Waals surface area contributed by atoms with Gasteiger partial charge in [-0.2, -0.15) is 0 Å². The van der Waals surface area contributed by atoms with Crippen LogP contribution in [0.5, 0.6) is 5.75 Å². The van der Waals surface area contributed by atoms with E-state index in [0.717, 1.165) is 29.7 Å². The van der Waals surface area contributed by atoms with E-state index in [2.05, 4.69) is 11.4 Å². The Labute approximate surface area is 158 Å². The highest BCUT2D eigenvalue weighted by molar-refractivity contribution is 5.75. The molecule has 1 heterocycles. The molecule has 1 aliphatic carbocycles. The Bertz CT molecular complexity index is 951. The number of fused-ring (bicyclic) bond motifs is 1. The number of alkyl carbamates (subject to hydrolysis) is 1. The van der Waals surface area contributed by atoms with E-state index < -0.39 is 11.7 Å². The maximum Gasteiger partial charge on any atom is 0.407 e. The van der Waals surface area contributed by atoms with Crippen LogP contribution in [0, 0.1) is 0 Å². The Kier molecular flexibility index (Phi) is 5.08. The molecule has 27 heavy (non-hydrogen) atoms. The third-order valence-corrected chi connectivity index (χ3v) is 4.23. The van der Waals surface area contributed by atoms with Gasteiger partial charge in [0.25, 0.3) is 5.56 Å². The number of hydrogen-bond donors (Lipinski definition) is 2. The highest BCUT2D eigenvalue weighted by Gasteiger charge is 2.17. The van der Waals surface area contributed by atoms with Crippen molar-refractivity contribution in [3.63, 3.8) is 0 Å². The summed E-state index contributed by atoms with van der Waals surface area (Å²) < 4.78 is 6.80. The average Bonchev–Trinajstić information content (AvgIpc) is 2.58. The summed E-state index contributed by atoms with van der Waals surface area (Å²) in [6.45, 7) is 5.88. The standard InChI is InChI=1S/C21H24N2O4/c1-21(2,3)27-20(26)22-13-14-4-5-16-11-17(7-6-15(16)10-14)23-9-8-18(24)12-19(23)25/h4-5,8-12,24H,6-7,13H2,1-3H3,(H,22,26). The van der Waals surface area contributed by atoms with Crippen LogP contribution >= 0.6 is 0 Å². The molecule has 0 spiro atoms. The Hall–Kier alpha value is -3.02. The van der Waals surface area contributed by atoms with Gasteiger partial charge in [0.2, 0.25) is 0 Å². The first kappa shape index (κ1) is 18.8. The molecule has 6 heteroatoms. The lowest BCUT2D eigenvalue weighted by Gasteiger charge is -2.20. The average molecular weight is 368 g/mol. The molecule has 0 saturated heterocycles. The Balaban J connectivity index is 1.73. The topological polar surface area (TPSA) is 80.6 Å². The summed E-state index contributed by atoms with van der Waals surface area (Å²) in [5.41, 5.74) is 3.35. The number of aromatic hydroxyl groups is 1. The second-order valence-electron chi connectivity index (χ2n) is 7.62. The largest absolute Gasteiger partial charge is 0.508 e. The van der Waals surface area contributed by atoms with Crippen LogP contribution in [0.25, 0.3) is 11.8 Å². The van der Waals surface area contributed by atoms with Crippen molar-refractivity contribution in [3.05, 3.63) is 63.6 Å². The zero-order valence-corrected chi connectivity index (χ0v) is 15.8. The summed E-state index contributed by atoms with van der Waals surface area (Å²) in [4.78, 5) is 23.8. The van der Waals surface area contributed by atoms with Crippen LogP contribution < -0.4 is 10.9 Å². The molecule has 0 saturated carbocycles. The molecule has 0 bridgehead atoms. The molecule has 2 aromatic rings. The minimum absolute atomic E-state index is 0.0322. The molecule has 1 aliphatic rings. The second kappa shape index (κ2) is 7.31. The molecular formula is C21H24N2O4. The molecule has 0 fully saturated rings. The summed E-state index contributed by atoms with van der Waals surface area (Å²) in [5.74, 6) is -0.0322. The molecule has 2 N–H and O–H groups in total. The number of aromatic nitrogens is 1. The fourth-order valence-corrected chi connectivity index (χ4v) is 3.02. The molecule has 3 rings (SSSR count). The minimum Gasteiger partial charge on any atom is -0.508 e. The van der Waals surface area contributed by atoms with Crippen LogP contribution in [0.4, 0.5) is 4.79 Å². The number of carbonyl (C=O) groups excluding carboxylic acids is 1. The van der Waals surface area contributed by atoms with E-state index in [4.69, 9.17) is 4.74 Å². The number of allylic oxidation sites excluding steroid dienone is 1. The van der Waals surface area contributed by atoms with Gasteiger partial charge in [-0.05, 0) is 62.4 Å². The molecule has 142 valence electrons. The number of nitrogens with one attached hydrogen (secondary N) is 1. The number of nitrogens with zero attached hydrogens (tertiary/aromatic N) is 1. The van der Waals surface area contributed by atoms with Gasteiger partial charge in [-0.15, -0.1) is 0 Å². The zero-order chi connectivity index (χ0) is 19.6. The van der Waals surface area contributed by atoms with Gasteiger partial charge in [-0.1, -0.05) is 18.2 Å². The van der Waals surface area contributed by atoms with Crippen LogP contribution in [0.15, 0.2) is 41.3 Å². The Morgan fingerprint density at radius 1 is 1.22 bits per heavy atom. The van der Waals surface area contributed by atoms with Gasteiger partial charge in [0, 0.05) is 24.5 Å². The van der Waals surface area contributed by atoms with Gasteiger partial charge < -0.3 is 15.2 Å². The van der Waals surface area contributed by atoms with E-state index in [9.17, 15) is 14.7 Å². The number of ether oxygens (including phenoxy) is 1. The normalized spacial score (nSPS) is 13.5. The lowest BCUT2D eigenvalue weighted by Crippen LogP contribution is -2.32. The van der Waals surface area contributed by atoms with E-state index in [0.29, 0.717) is 6.54 Å². The van der Waals surface area contributed by atoms with E-state index in [1.54, 1.807) is 10.8 Å². The van der Waals surface area contributed by atoms with Crippen molar-refractivity contribution in [1.82, 2.24) is 9.88 Å². The third kappa shape index (κ3) is 4.78. The Morgan fingerprint density at radius 3 is 2.70 bits per heavy atom. The first-order valence-electron chi connectivity index (χ1n) is 8.92. The van der Waals surface area contributed by atoms with Gasteiger partial charge in [0.15, 0.2) is 0 Å². The molecule has 0 unspecified atom stereocenters. The molecule has 0 atom stereocenters. The molecule has 6 nitrogen and oxygen atoms in total. The number of benzene rings is 1. The summed E-state index contributed by atoms with van der Waals surface area (Å²) in [6.07, 6.45) is 4.67. The summed E-state index contributed by atoms with van der Waals surface area (Å²) in [6, 6.07) is 8.73. The lowest BCUT2D eigenvalue weighted by atomic mass is 9.93. The quantitative estimate of drug-likeness (QED) is 0.869. The van der Waals surface area contributed by atoms with Crippen molar-refractivity contribution in [1.29, 1.82) is 0 Å². The summed E-state index contributed by atoms with van der Waals surface area (Å²) in [7, 11) is 0. The van der Waals surface area contributed by atoms with Gasteiger partial charge in [0.1, 0.15) is 11.4 Å². The fraction of sp³-hybridized carbons (Fsp3) is 0.333. The number of rotatable bonds is 3. The van der Waals surface area contributed by atoms with Crippen LogP contribution in [0.1, 0.15) is 43.9 Å². The molecule has 0 radical (unpaired) electrons. The van der Waals surface area contributed by atoms with Gasteiger partial charge >= 0.3 is 6.09 Å². The van der Waals surface area contributed by atoms with Gasteiger partial charge in [-0.3, -0.25) is 9.36 Å². The van der Waals surface area contributed by atoms with Crippen molar-refractivity contribution in [2.24, 2.45) is 0 Å². The number of carbonyl (C=O) groups is 1. The van der Waals surface area contributed by atoms with Crippen molar-refractivity contribution in [2.45, 2.75) is 45.8 Å². The second-order valence-corrected chi connectivity index (χ2v) is 7.62. The van der Waals surface area contributed by atoms with Crippen molar-refractivity contribution < 1.29 is 14.6 Å². The van der Waals surface area contributed by atoms with E-state index in [-0.39, 0.29) is 11.3 Å². The number of hydrogen-bond acceptors (Lipinski definition) is 4. The molecule has 1 amide bonds. The van der Waals surface area contributed by atoms with Gasteiger partial charge in [0.05, 0.1) is 0 Å². The third-order valence-electron chi connectivity index (χ3n) is 4.23. The van der Waals surface area contributed by atoms with Crippen molar-refractivity contribution in [3.8, 4) is 5.75 Å². The predicted molar refractivity (Wildman–Crippen MR) is 104 cm³/mol. The minimum atomic E-state index is -0.520. The number of aryl methyl sites for hydroxylation is 1. The van der Waals surface area contributed by atoms with Crippen LogP contribution in [-0.4, -0.2) is 21.4 Å². The van der Waals surface area contributed by atoms with E-state index in [1.165, 1.54) is 17.7 Å². The Morgan fingerprint density at radius 2 is 2.00 bits per heavy atom. The van der Waals surface area contributed by atoms with E-state index >= 15 is 0 Å². The molecule has 1 aromatic heterocycles. The SMILES string of the molecule is CC(C)(C)OC(=O)NCc1ccc2c(c1)CCC(n1ccc(O)cc1=O)=C2. The number of pyridine rings is 1. The number of amides is 1. The zero-order valence-electron chi connectivity index (χ0n) is 15.8. The monoisotopic (exact) mass is 368 g/mol. The van der Waals surface area contributed by atoms with Crippen molar-refractivity contribution in [2.75, 3.05) is 0 Å². The maximum absolute atomic E-state index is 12.1. The molecule has 0 aliphatic heterocycles. The molecular weight excluding hydrogens is 344 g/mol. The first-order chi connectivity index (χ1) is 12.7. The lowest BCUT2D eigenvalue weighted by molar-refractivity contribution is 0.0523.